The number of amides is 2. The van der Waals surface area contributed by atoms with Gasteiger partial charge in [0, 0.05) is 30.0 Å². The molecule has 0 aliphatic carbocycles. The van der Waals surface area contributed by atoms with Gasteiger partial charge in [-0.25, -0.2) is 0 Å². The van der Waals surface area contributed by atoms with Crippen LogP contribution in [0.4, 0.5) is 11.4 Å². The van der Waals surface area contributed by atoms with Gasteiger partial charge in [0.15, 0.2) is 11.5 Å². The minimum absolute atomic E-state index is 0.138. The van der Waals surface area contributed by atoms with E-state index < -0.39 is 0 Å². The first kappa shape index (κ1) is 18.3. The number of carbonyl (C=O) groups is 2. The molecule has 0 spiro atoms. The first-order chi connectivity index (χ1) is 13.7. The lowest BCUT2D eigenvalue weighted by molar-refractivity contribution is -0.124. The Kier molecular flexibility index (Phi) is 5.43. The SMILES string of the molecule is O=C(Nc1ccc(NC(=O)[C@H]2CCCO2)cc1)c1ccc2c(c1)OCCCO2. The second-order valence-corrected chi connectivity index (χ2v) is 6.73. The van der Waals surface area contributed by atoms with Gasteiger partial charge in [0.2, 0.25) is 0 Å². The summed E-state index contributed by atoms with van der Waals surface area (Å²) in [6.07, 6.45) is 2.09. The van der Waals surface area contributed by atoms with Crippen LogP contribution in [0.2, 0.25) is 0 Å². The Labute approximate surface area is 163 Å². The summed E-state index contributed by atoms with van der Waals surface area (Å²) in [5.74, 6) is 0.853. The maximum atomic E-state index is 12.5. The smallest absolute Gasteiger partial charge is 0.255 e. The van der Waals surface area contributed by atoms with Crippen molar-refractivity contribution in [1.82, 2.24) is 0 Å². The highest BCUT2D eigenvalue weighted by Gasteiger charge is 2.23. The van der Waals surface area contributed by atoms with Crippen LogP contribution in [-0.2, 0) is 9.53 Å². The van der Waals surface area contributed by atoms with Crippen molar-refractivity contribution in [2.45, 2.75) is 25.4 Å². The first-order valence-corrected chi connectivity index (χ1v) is 9.42. The summed E-state index contributed by atoms with van der Waals surface area (Å²) >= 11 is 0. The molecule has 2 aromatic rings. The fourth-order valence-corrected chi connectivity index (χ4v) is 3.15. The summed E-state index contributed by atoms with van der Waals surface area (Å²) in [7, 11) is 0. The molecule has 2 heterocycles. The van der Waals surface area contributed by atoms with Crippen molar-refractivity contribution in [3.63, 3.8) is 0 Å². The summed E-state index contributed by atoms with van der Waals surface area (Å²) in [5, 5.41) is 5.67. The van der Waals surface area contributed by atoms with E-state index in [1.54, 1.807) is 42.5 Å². The van der Waals surface area contributed by atoms with Crippen LogP contribution in [0.5, 0.6) is 11.5 Å². The molecule has 7 heteroatoms. The number of nitrogens with one attached hydrogen (secondary N) is 2. The zero-order chi connectivity index (χ0) is 19.3. The van der Waals surface area contributed by atoms with E-state index in [-0.39, 0.29) is 17.9 Å². The molecule has 146 valence electrons. The van der Waals surface area contributed by atoms with E-state index in [0.29, 0.717) is 48.3 Å². The average molecular weight is 382 g/mol. The Morgan fingerprint density at radius 2 is 1.54 bits per heavy atom. The summed E-state index contributed by atoms with van der Waals surface area (Å²) in [6, 6.07) is 12.1. The number of ether oxygens (including phenoxy) is 3. The normalized spacial score (nSPS) is 18.2. The van der Waals surface area contributed by atoms with Crippen molar-refractivity contribution in [2.24, 2.45) is 0 Å². The van der Waals surface area contributed by atoms with Gasteiger partial charge >= 0.3 is 0 Å². The largest absolute Gasteiger partial charge is 0.490 e. The fourth-order valence-electron chi connectivity index (χ4n) is 3.15. The van der Waals surface area contributed by atoms with E-state index in [4.69, 9.17) is 14.2 Å². The molecule has 4 rings (SSSR count). The monoisotopic (exact) mass is 382 g/mol. The van der Waals surface area contributed by atoms with Gasteiger partial charge in [0.25, 0.3) is 11.8 Å². The van der Waals surface area contributed by atoms with Crippen LogP contribution in [0.1, 0.15) is 29.6 Å². The third-order valence-electron chi connectivity index (χ3n) is 4.64. The van der Waals surface area contributed by atoms with Gasteiger partial charge in [-0.3, -0.25) is 9.59 Å². The number of fused-ring (bicyclic) bond motifs is 1. The summed E-state index contributed by atoms with van der Waals surface area (Å²) in [5.41, 5.74) is 1.78. The van der Waals surface area contributed by atoms with E-state index in [1.807, 2.05) is 0 Å². The van der Waals surface area contributed by atoms with Gasteiger partial charge in [-0.15, -0.1) is 0 Å². The van der Waals surface area contributed by atoms with Crippen LogP contribution >= 0.6 is 0 Å². The molecule has 0 radical (unpaired) electrons. The average Bonchev–Trinajstić information content (AvgIpc) is 3.15. The minimum Gasteiger partial charge on any atom is -0.490 e. The topological polar surface area (TPSA) is 85.9 Å². The van der Waals surface area contributed by atoms with Crippen molar-refractivity contribution in [3.05, 3.63) is 48.0 Å². The van der Waals surface area contributed by atoms with E-state index >= 15 is 0 Å². The number of carbonyl (C=O) groups excluding carboxylic acids is 2. The predicted molar refractivity (Wildman–Crippen MR) is 104 cm³/mol. The molecule has 2 N–H and O–H groups in total. The Hall–Kier alpha value is -3.06. The maximum Gasteiger partial charge on any atom is 0.255 e. The lowest BCUT2D eigenvalue weighted by Gasteiger charge is -2.12. The van der Waals surface area contributed by atoms with Crippen LogP contribution in [0.25, 0.3) is 0 Å². The van der Waals surface area contributed by atoms with Gasteiger partial charge in [-0.1, -0.05) is 0 Å². The van der Waals surface area contributed by atoms with E-state index in [0.717, 1.165) is 19.3 Å². The molecule has 2 aliphatic heterocycles. The molecule has 1 saturated heterocycles. The number of benzene rings is 2. The Bertz CT molecular complexity index is 860. The molecule has 0 bridgehead atoms. The zero-order valence-electron chi connectivity index (χ0n) is 15.4. The fraction of sp³-hybridized carbons (Fsp3) is 0.333. The molecule has 1 atom stereocenters. The zero-order valence-corrected chi connectivity index (χ0v) is 15.4. The third-order valence-corrected chi connectivity index (χ3v) is 4.64. The molecule has 2 aliphatic rings. The molecule has 2 amide bonds. The number of rotatable bonds is 4. The van der Waals surface area contributed by atoms with E-state index in [2.05, 4.69) is 10.6 Å². The molecule has 2 aromatic carbocycles. The van der Waals surface area contributed by atoms with Crippen molar-refractivity contribution in [3.8, 4) is 11.5 Å². The molecular weight excluding hydrogens is 360 g/mol. The predicted octanol–water partition coefficient (Wildman–Crippen LogP) is 3.22. The lowest BCUT2D eigenvalue weighted by Crippen LogP contribution is -2.26. The van der Waals surface area contributed by atoms with E-state index in [1.165, 1.54) is 0 Å². The van der Waals surface area contributed by atoms with Gasteiger partial charge in [0.05, 0.1) is 13.2 Å². The molecular formula is C21H22N2O5. The number of hydrogen-bond acceptors (Lipinski definition) is 5. The van der Waals surface area contributed by atoms with Gasteiger partial charge in [-0.05, 0) is 55.3 Å². The van der Waals surface area contributed by atoms with Crippen LogP contribution in [0.15, 0.2) is 42.5 Å². The summed E-state index contributed by atoms with van der Waals surface area (Å²) < 4.78 is 16.6. The van der Waals surface area contributed by atoms with Crippen molar-refractivity contribution in [1.29, 1.82) is 0 Å². The third kappa shape index (κ3) is 4.26. The van der Waals surface area contributed by atoms with Crippen LogP contribution in [-0.4, -0.2) is 37.7 Å². The van der Waals surface area contributed by atoms with E-state index in [9.17, 15) is 9.59 Å². The molecule has 7 nitrogen and oxygen atoms in total. The van der Waals surface area contributed by atoms with Crippen molar-refractivity contribution >= 4 is 23.2 Å². The quantitative estimate of drug-likeness (QED) is 0.848. The molecule has 0 aromatic heterocycles. The molecule has 0 saturated carbocycles. The minimum atomic E-state index is -0.376. The van der Waals surface area contributed by atoms with Crippen LogP contribution < -0.4 is 20.1 Å². The summed E-state index contributed by atoms with van der Waals surface area (Å²) in [4.78, 5) is 24.6. The Morgan fingerprint density at radius 1 is 0.821 bits per heavy atom. The Morgan fingerprint density at radius 3 is 2.25 bits per heavy atom. The lowest BCUT2D eigenvalue weighted by atomic mass is 10.1. The highest BCUT2D eigenvalue weighted by molar-refractivity contribution is 6.04. The van der Waals surface area contributed by atoms with Gasteiger partial charge < -0.3 is 24.8 Å². The maximum absolute atomic E-state index is 12.5. The van der Waals surface area contributed by atoms with Gasteiger partial charge in [-0.2, -0.15) is 0 Å². The second kappa shape index (κ2) is 8.31. The standard InChI is InChI=1S/C21H22N2O5/c24-20(14-4-9-17-19(13-14)28-12-2-11-26-17)22-15-5-7-16(8-6-15)23-21(25)18-3-1-10-27-18/h4-9,13,18H,1-3,10-12H2,(H,22,24)(H,23,25)/t18-/m1/s1. The number of hydrogen-bond donors (Lipinski definition) is 2. The van der Waals surface area contributed by atoms with Gasteiger partial charge in [0.1, 0.15) is 6.10 Å². The number of anilines is 2. The first-order valence-electron chi connectivity index (χ1n) is 9.42. The van der Waals surface area contributed by atoms with Crippen LogP contribution in [0.3, 0.4) is 0 Å². The molecule has 1 fully saturated rings. The Balaban J connectivity index is 1.38. The highest BCUT2D eigenvalue weighted by Crippen LogP contribution is 2.30. The second-order valence-electron chi connectivity index (χ2n) is 6.73. The van der Waals surface area contributed by atoms with Crippen molar-refractivity contribution < 1.29 is 23.8 Å². The highest BCUT2D eigenvalue weighted by atomic mass is 16.5. The molecule has 0 unspecified atom stereocenters. The molecule has 28 heavy (non-hydrogen) atoms. The van der Waals surface area contributed by atoms with Crippen molar-refractivity contribution in [2.75, 3.05) is 30.5 Å². The summed E-state index contributed by atoms with van der Waals surface area (Å²) in [6.45, 7) is 1.80. The van der Waals surface area contributed by atoms with Crippen LogP contribution in [0, 0.1) is 0 Å².